The van der Waals surface area contributed by atoms with Crippen molar-refractivity contribution in [2.75, 3.05) is 12.4 Å². The van der Waals surface area contributed by atoms with E-state index >= 15 is 0 Å². The molecule has 0 atom stereocenters. The fourth-order valence-corrected chi connectivity index (χ4v) is 3.55. The van der Waals surface area contributed by atoms with Gasteiger partial charge < -0.3 is 10.1 Å². The predicted molar refractivity (Wildman–Crippen MR) is 120 cm³/mol. The van der Waals surface area contributed by atoms with Crippen molar-refractivity contribution < 1.29 is 9.53 Å². The molecule has 0 aliphatic heterocycles. The van der Waals surface area contributed by atoms with Gasteiger partial charge in [0, 0.05) is 17.7 Å². The first kappa shape index (κ1) is 20.2. The van der Waals surface area contributed by atoms with E-state index in [-0.39, 0.29) is 12.5 Å². The molecule has 7 nitrogen and oxygen atoms in total. The second kappa shape index (κ2) is 8.71. The number of rotatable bonds is 6. The summed E-state index contributed by atoms with van der Waals surface area (Å²) in [6, 6.07) is 22.0. The fraction of sp³-hybridized carbons (Fsp3) is 0.125. The van der Waals surface area contributed by atoms with Crippen LogP contribution in [0.1, 0.15) is 11.1 Å². The van der Waals surface area contributed by atoms with Gasteiger partial charge in [-0.05, 0) is 35.9 Å². The minimum absolute atomic E-state index is 0.226. The van der Waals surface area contributed by atoms with Gasteiger partial charge >= 0.3 is 5.69 Å². The Hall–Kier alpha value is -4.13. The minimum Gasteiger partial charge on any atom is -0.496 e. The van der Waals surface area contributed by atoms with Gasteiger partial charge in [-0.1, -0.05) is 42.5 Å². The first-order valence-corrected chi connectivity index (χ1v) is 9.77. The molecular weight excluding hydrogens is 394 g/mol. The number of carbonyl (C=O) groups is 1. The Balaban J connectivity index is 1.58. The molecule has 1 amide bonds. The van der Waals surface area contributed by atoms with Crippen LogP contribution in [0, 0.1) is 0 Å². The second-order valence-electron chi connectivity index (χ2n) is 7.10. The Labute approximate surface area is 177 Å². The monoisotopic (exact) mass is 415 g/mol. The third kappa shape index (κ3) is 4.40. The lowest BCUT2D eigenvalue weighted by Gasteiger charge is -2.13. The maximum absolute atomic E-state index is 12.7. The summed E-state index contributed by atoms with van der Waals surface area (Å²) in [4.78, 5) is 39.2. The number of para-hydroxylation sites is 1. The standard InChI is InChI=1S/C24H21N3O4/c1-31-21-12-11-18(14-17(21)13-16-7-3-2-4-8-16)25-22(28)15-27-20-10-6-5-9-19(20)23(29)26-24(27)30/h2-12,14H,13,15H2,1H3,(H,25,28)(H,26,29,30). The van der Waals surface area contributed by atoms with Gasteiger partial charge in [0.25, 0.3) is 5.56 Å². The summed E-state index contributed by atoms with van der Waals surface area (Å²) in [5, 5.41) is 3.18. The molecule has 0 fully saturated rings. The number of aromatic nitrogens is 2. The number of hydrogen-bond donors (Lipinski definition) is 2. The molecule has 0 aliphatic rings. The summed E-state index contributed by atoms with van der Waals surface area (Å²) >= 11 is 0. The van der Waals surface area contributed by atoms with Crippen molar-refractivity contribution in [2.24, 2.45) is 0 Å². The van der Waals surface area contributed by atoms with Crippen molar-refractivity contribution in [2.45, 2.75) is 13.0 Å². The van der Waals surface area contributed by atoms with Crippen molar-refractivity contribution in [3.05, 3.63) is 105 Å². The lowest BCUT2D eigenvalue weighted by Crippen LogP contribution is -2.34. The van der Waals surface area contributed by atoms with E-state index in [1.54, 1.807) is 43.5 Å². The van der Waals surface area contributed by atoms with Crippen LogP contribution in [0.15, 0.2) is 82.4 Å². The van der Waals surface area contributed by atoms with Crippen LogP contribution in [-0.4, -0.2) is 22.6 Å². The Morgan fingerprint density at radius 2 is 1.74 bits per heavy atom. The molecule has 0 saturated carbocycles. The summed E-state index contributed by atoms with van der Waals surface area (Å²) in [5.41, 5.74) is 1.95. The number of amides is 1. The van der Waals surface area contributed by atoms with E-state index in [4.69, 9.17) is 4.74 Å². The van der Waals surface area contributed by atoms with Gasteiger partial charge in [0.15, 0.2) is 0 Å². The Morgan fingerprint density at radius 1 is 1.00 bits per heavy atom. The third-order valence-electron chi connectivity index (χ3n) is 5.01. The van der Waals surface area contributed by atoms with Crippen LogP contribution in [0.4, 0.5) is 5.69 Å². The smallest absolute Gasteiger partial charge is 0.329 e. The molecule has 0 aliphatic carbocycles. The van der Waals surface area contributed by atoms with Gasteiger partial charge in [-0.2, -0.15) is 0 Å². The summed E-state index contributed by atoms with van der Waals surface area (Å²) in [6.07, 6.45) is 0.651. The molecule has 156 valence electrons. The average molecular weight is 415 g/mol. The molecule has 0 spiro atoms. The Morgan fingerprint density at radius 3 is 2.52 bits per heavy atom. The van der Waals surface area contributed by atoms with Crippen LogP contribution < -0.4 is 21.3 Å². The molecule has 1 aromatic heterocycles. The molecule has 7 heteroatoms. The highest BCUT2D eigenvalue weighted by Crippen LogP contribution is 2.25. The number of nitrogens with zero attached hydrogens (tertiary/aromatic N) is 1. The molecule has 31 heavy (non-hydrogen) atoms. The number of hydrogen-bond acceptors (Lipinski definition) is 4. The summed E-state index contributed by atoms with van der Waals surface area (Å²) < 4.78 is 6.71. The molecule has 4 aromatic rings. The average Bonchev–Trinajstić information content (AvgIpc) is 2.77. The number of carbonyl (C=O) groups excluding carboxylic acids is 1. The summed E-state index contributed by atoms with van der Waals surface area (Å²) in [5.74, 6) is 0.347. The van der Waals surface area contributed by atoms with Gasteiger partial charge in [0.2, 0.25) is 5.91 Å². The predicted octanol–water partition coefficient (Wildman–Crippen LogP) is 2.93. The van der Waals surface area contributed by atoms with E-state index in [9.17, 15) is 14.4 Å². The largest absolute Gasteiger partial charge is 0.496 e. The highest BCUT2D eigenvalue weighted by atomic mass is 16.5. The number of benzene rings is 3. The number of anilines is 1. The van der Waals surface area contributed by atoms with Crippen LogP contribution in [0.25, 0.3) is 10.9 Å². The first-order valence-electron chi connectivity index (χ1n) is 9.77. The van der Waals surface area contributed by atoms with E-state index in [1.165, 1.54) is 4.57 Å². The van der Waals surface area contributed by atoms with Gasteiger partial charge in [0.05, 0.1) is 18.0 Å². The number of fused-ring (bicyclic) bond motifs is 1. The lowest BCUT2D eigenvalue weighted by atomic mass is 10.0. The van der Waals surface area contributed by atoms with Crippen LogP contribution >= 0.6 is 0 Å². The van der Waals surface area contributed by atoms with Gasteiger partial charge in [0.1, 0.15) is 12.3 Å². The van der Waals surface area contributed by atoms with Crippen molar-refractivity contribution in [1.29, 1.82) is 0 Å². The van der Waals surface area contributed by atoms with Gasteiger partial charge in [-0.15, -0.1) is 0 Å². The second-order valence-corrected chi connectivity index (χ2v) is 7.10. The molecule has 0 unspecified atom stereocenters. The maximum atomic E-state index is 12.7. The molecular formula is C24H21N3O4. The molecule has 2 N–H and O–H groups in total. The van der Waals surface area contributed by atoms with E-state index in [0.717, 1.165) is 16.9 Å². The Kier molecular flexibility index (Phi) is 5.66. The Bertz CT molecular complexity index is 1360. The zero-order chi connectivity index (χ0) is 21.8. The molecule has 0 radical (unpaired) electrons. The number of ether oxygens (including phenoxy) is 1. The highest BCUT2D eigenvalue weighted by Gasteiger charge is 2.12. The van der Waals surface area contributed by atoms with E-state index in [1.807, 2.05) is 36.4 Å². The van der Waals surface area contributed by atoms with Crippen LogP contribution in [0.2, 0.25) is 0 Å². The number of H-pyrrole nitrogens is 1. The number of nitrogens with one attached hydrogen (secondary N) is 2. The van der Waals surface area contributed by atoms with Crippen molar-refractivity contribution in [1.82, 2.24) is 9.55 Å². The van der Waals surface area contributed by atoms with Gasteiger partial charge in [-0.25, -0.2) is 4.79 Å². The van der Waals surface area contributed by atoms with Crippen molar-refractivity contribution in [3.63, 3.8) is 0 Å². The maximum Gasteiger partial charge on any atom is 0.329 e. The third-order valence-corrected chi connectivity index (χ3v) is 5.01. The van der Waals surface area contributed by atoms with E-state index < -0.39 is 11.2 Å². The summed E-state index contributed by atoms with van der Waals surface area (Å²) in [6.45, 7) is -0.226. The van der Waals surface area contributed by atoms with E-state index in [0.29, 0.717) is 23.0 Å². The SMILES string of the molecule is COc1ccc(NC(=O)Cn2c(=O)[nH]c(=O)c3ccccc32)cc1Cc1ccccc1. The minimum atomic E-state index is -0.627. The molecule has 4 rings (SSSR count). The van der Waals surface area contributed by atoms with Crippen molar-refractivity contribution >= 4 is 22.5 Å². The first-order chi connectivity index (χ1) is 15.0. The van der Waals surface area contributed by atoms with Gasteiger partial charge in [-0.3, -0.25) is 19.1 Å². The lowest BCUT2D eigenvalue weighted by molar-refractivity contribution is -0.116. The van der Waals surface area contributed by atoms with Crippen LogP contribution in [-0.2, 0) is 17.8 Å². The molecule has 0 bridgehead atoms. The molecule has 3 aromatic carbocycles. The fourth-order valence-electron chi connectivity index (χ4n) is 3.55. The normalized spacial score (nSPS) is 10.7. The summed E-state index contributed by atoms with van der Waals surface area (Å²) in [7, 11) is 1.61. The number of aromatic amines is 1. The van der Waals surface area contributed by atoms with E-state index in [2.05, 4.69) is 10.3 Å². The van der Waals surface area contributed by atoms with Crippen LogP contribution in [0.5, 0.6) is 5.75 Å². The number of methoxy groups -OCH3 is 1. The highest BCUT2D eigenvalue weighted by molar-refractivity contribution is 5.91. The topological polar surface area (TPSA) is 93.2 Å². The zero-order valence-corrected chi connectivity index (χ0v) is 16.9. The zero-order valence-electron chi connectivity index (χ0n) is 16.9. The molecule has 0 saturated heterocycles. The van der Waals surface area contributed by atoms with Crippen LogP contribution in [0.3, 0.4) is 0 Å². The van der Waals surface area contributed by atoms with Crippen molar-refractivity contribution in [3.8, 4) is 5.75 Å². The molecule has 1 heterocycles. The quantitative estimate of drug-likeness (QED) is 0.506.